The van der Waals surface area contributed by atoms with Crippen molar-refractivity contribution in [3.05, 3.63) is 42.5 Å². The number of rotatable bonds is 5. The van der Waals surface area contributed by atoms with Gasteiger partial charge in [0, 0.05) is 44.2 Å². The average molecular weight is 484 g/mol. The number of fused-ring (bicyclic) bond motifs is 1. The molecule has 2 saturated heterocycles. The van der Waals surface area contributed by atoms with Gasteiger partial charge in [-0.3, -0.25) is 9.69 Å². The highest BCUT2D eigenvalue weighted by Crippen LogP contribution is 2.28. The van der Waals surface area contributed by atoms with Crippen molar-refractivity contribution in [1.29, 1.82) is 0 Å². The van der Waals surface area contributed by atoms with Crippen molar-refractivity contribution in [1.82, 2.24) is 14.5 Å². The van der Waals surface area contributed by atoms with Crippen LogP contribution in [-0.4, -0.2) is 61.8 Å². The number of sulfonamides is 1. The van der Waals surface area contributed by atoms with E-state index in [-0.39, 0.29) is 17.9 Å². The third kappa shape index (κ3) is 5.16. The first-order valence-corrected chi connectivity index (χ1v) is 14.5. The Kier molecular flexibility index (Phi) is 7.23. The minimum absolute atomic E-state index is 0.102. The summed E-state index contributed by atoms with van der Waals surface area (Å²) in [6.45, 7) is 2.84. The summed E-state index contributed by atoms with van der Waals surface area (Å²) in [6, 6.07) is 14.0. The summed E-state index contributed by atoms with van der Waals surface area (Å²) in [5.41, 5.74) is 0. The fourth-order valence-corrected chi connectivity index (χ4v) is 7.52. The van der Waals surface area contributed by atoms with E-state index in [0.29, 0.717) is 36.9 Å². The number of carbonyl (C=O) groups excluding carboxylic acids is 1. The number of carbonyl (C=O) groups is 1. The van der Waals surface area contributed by atoms with E-state index in [1.54, 1.807) is 16.4 Å². The molecule has 0 bridgehead atoms. The Morgan fingerprint density at radius 1 is 0.824 bits per heavy atom. The maximum absolute atomic E-state index is 13.2. The number of likely N-dealkylation sites (tertiary alicyclic amines) is 1. The monoisotopic (exact) mass is 483 g/mol. The highest BCUT2D eigenvalue weighted by atomic mass is 32.2. The summed E-state index contributed by atoms with van der Waals surface area (Å²) in [4.78, 5) is 15.9. The van der Waals surface area contributed by atoms with Crippen LogP contribution in [0.15, 0.2) is 47.4 Å². The van der Waals surface area contributed by atoms with Gasteiger partial charge in [-0.1, -0.05) is 56.0 Å². The molecule has 6 nitrogen and oxygen atoms in total. The van der Waals surface area contributed by atoms with E-state index in [9.17, 15) is 13.2 Å². The van der Waals surface area contributed by atoms with Crippen molar-refractivity contribution in [2.75, 3.05) is 26.2 Å². The van der Waals surface area contributed by atoms with Gasteiger partial charge in [0.2, 0.25) is 15.9 Å². The van der Waals surface area contributed by atoms with Gasteiger partial charge in [-0.15, -0.1) is 0 Å². The predicted molar refractivity (Wildman–Crippen MR) is 135 cm³/mol. The van der Waals surface area contributed by atoms with Gasteiger partial charge in [0.05, 0.1) is 4.90 Å². The Morgan fingerprint density at radius 2 is 1.53 bits per heavy atom. The number of hydrogen-bond donors (Lipinski definition) is 1. The minimum Gasteiger partial charge on any atom is -0.352 e. The van der Waals surface area contributed by atoms with Crippen LogP contribution in [0.3, 0.4) is 0 Å². The lowest BCUT2D eigenvalue weighted by Gasteiger charge is -2.31. The van der Waals surface area contributed by atoms with E-state index in [1.165, 1.54) is 38.5 Å². The summed E-state index contributed by atoms with van der Waals surface area (Å²) in [7, 11) is -3.55. The maximum Gasteiger partial charge on any atom is 0.243 e. The molecule has 0 radical (unpaired) electrons. The molecule has 7 heteroatoms. The van der Waals surface area contributed by atoms with Crippen LogP contribution in [0, 0.1) is 5.92 Å². The summed E-state index contributed by atoms with van der Waals surface area (Å²) in [5.74, 6) is 0.00505. The molecule has 3 fully saturated rings. The number of hydrogen-bond acceptors (Lipinski definition) is 4. The lowest BCUT2D eigenvalue weighted by molar-refractivity contribution is -0.126. The van der Waals surface area contributed by atoms with Crippen molar-refractivity contribution in [2.24, 2.45) is 5.92 Å². The number of nitrogens with zero attached hydrogens (tertiary/aromatic N) is 2. The van der Waals surface area contributed by atoms with Crippen molar-refractivity contribution < 1.29 is 13.2 Å². The second kappa shape index (κ2) is 10.3. The third-order valence-electron chi connectivity index (χ3n) is 8.09. The van der Waals surface area contributed by atoms with Gasteiger partial charge in [-0.05, 0) is 55.0 Å². The first-order valence-electron chi connectivity index (χ1n) is 13.0. The van der Waals surface area contributed by atoms with Gasteiger partial charge in [-0.25, -0.2) is 8.42 Å². The first kappa shape index (κ1) is 23.8. The summed E-state index contributed by atoms with van der Waals surface area (Å²) < 4.78 is 28.0. The average Bonchev–Trinajstić information content (AvgIpc) is 3.15. The fourth-order valence-electron chi connectivity index (χ4n) is 6.01. The molecule has 3 aliphatic rings. The Labute approximate surface area is 203 Å². The van der Waals surface area contributed by atoms with Crippen molar-refractivity contribution in [3.8, 4) is 0 Å². The fraction of sp³-hybridized carbons (Fsp3) is 0.593. The molecule has 1 aliphatic carbocycles. The second-order valence-corrected chi connectivity index (χ2v) is 12.3. The van der Waals surface area contributed by atoms with Gasteiger partial charge >= 0.3 is 0 Å². The molecular formula is C27H37N3O3S. The number of amides is 1. The zero-order valence-corrected chi connectivity index (χ0v) is 20.8. The summed E-state index contributed by atoms with van der Waals surface area (Å²) in [6.07, 6.45) is 10.2. The van der Waals surface area contributed by atoms with E-state index in [4.69, 9.17) is 0 Å². The normalized spacial score (nSPS) is 24.3. The molecule has 5 rings (SSSR count). The van der Waals surface area contributed by atoms with Gasteiger partial charge in [-0.2, -0.15) is 4.31 Å². The van der Waals surface area contributed by atoms with Crippen LogP contribution in [0.25, 0.3) is 10.8 Å². The molecular weight excluding hydrogens is 446 g/mol. The van der Waals surface area contributed by atoms with Crippen LogP contribution in [0.5, 0.6) is 0 Å². The zero-order valence-electron chi connectivity index (χ0n) is 20.0. The molecule has 0 spiro atoms. The lowest BCUT2D eigenvalue weighted by atomic mass is 9.97. The van der Waals surface area contributed by atoms with Crippen LogP contribution in [0.4, 0.5) is 0 Å². The molecule has 34 heavy (non-hydrogen) atoms. The van der Waals surface area contributed by atoms with Crippen molar-refractivity contribution in [3.63, 3.8) is 0 Å². The van der Waals surface area contributed by atoms with E-state index in [1.807, 2.05) is 30.3 Å². The van der Waals surface area contributed by atoms with Gasteiger partial charge in [0.15, 0.2) is 0 Å². The van der Waals surface area contributed by atoms with Crippen molar-refractivity contribution in [2.45, 2.75) is 74.8 Å². The Morgan fingerprint density at radius 3 is 2.26 bits per heavy atom. The molecule has 2 aliphatic heterocycles. The van der Waals surface area contributed by atoms with E-state index in [0.717, 1.165) is 30.3 Å². The summed E-state index contributed by atoms with van der Waals surface area (Å²) >= 11 is 0. The molecule has 2 aromatic carbocycles. The Balaban J connectivity index is 1.14. The molecule has 1 amide bonds. The molecule has 1 saturated carbocycles. The molecule has 1 N–H and O–H groups in total. The quantitative estimate of drug-likeness (QED) is 0.649. The SMILES string of the molecule is O=C(NC1CCN(C2CCCCCC2)C1)C1CCN(S(=O)(=O)c2ccc3ccccc3c2)CC1. The smallest absolute Gasteiger partial charge is 0.243 e. The predicted octanol–water partition coefficient (Wildman–Crippen LogP) is 4.15. The second-order valence-electron chi connectivity index (χ2n) is 10.3. The zero-order chi connectivity index (χ0) is 23.5. The molecule has 2 heterocycles. The molecule has 1 unspecified atom stereocenters. The number of nitrogens with one attached hydrogen (secondary N) is 1. The largest absolute Gasteiger partial charge is 0.352 e. The first-order chi connectivity index (χ1) is 16.5. The lowest BCUT2D eigenvalue weighted by Crippen LogP contribution is -2.46. The summed E-state index contributed by atoms with van der Waals surface area (Å²) in [5, 5.41) is 5.24. The van der Waals surface area contributed by atoms with Crippen LogP contribution >= 0.6 is 0 Å². The highest BCUT2D eigenvalue weighted by molar-refractivity contribution is 7.89. The topological polar surface area (TPSA) is 69.7 Å². The minimum atomic E-state index is -3.55. The molecule has 2 aromatic rings. The molecule has 1 atom stereocenters. The maximum atomic E-state index is 13.2. The molecule has 184 valence electrons. The van der Waals surface area contributed by atoms with Crippen LogP contribution in [0.1, 0.15) is 57.8 Å². The van der Waals surface area contributed by atoms with E-state index >= 15 is 0 Å². The highest BCUT2D eigenvalue weighted by Gasteiger charge is 2.34. The van der Waals surface area contributed by atoms with Gasteiger partial charge < -0.3 is 5.32 Å². The third-order valence-corrected chi connectivity index (χ3v) is 9.99. The van der Waals surface area contributed by atoms with Crippen LogP contribution < -0.4 is 5.32 Å². The van der Waals surface area contributed by atoms with Gasteiger partial charge in [0.1, 0.15) is 0 Å². The standard InChI is InChI=1S/C27H37N3O3S/c31-27(28-24-15-16-29(20-24)25-9-3-1-2-4-10-25)22-13-17-30(18-14-22)34(32,33)26-12-11-21-7-5-6-8-23(21)19-26/h5-8,11-12,19,22,24-25H,1-4,9-10,13-18,20H2,(H,28,31). The van der Waals surface area contributed by atoms with Crippen LogP contribution in [0.2, 0.25) is 0 Å². The Bertz CT molecular complexity index is 1100. The Hall–Kier alpha value is -1.96. The van der Waals surface area contributed by atoms with E-state index in [2.05, 4.69) is 10.2 Å². The van der Waals surface area contributed by atoms with E-state index < -0.39 is 10.0 Å². The van der Waals surface area contributed by atoms with Crippen molar-refractivity contribution >= 4 is 26.7 Å². The number of benzene rings is 2. The van der Waals surface area contributed by atoms with Crippen LogP contribution in [-0.2, 0) is 14.8 Å². The number of piperidine rings is 1. The van der Waals surface area contributed by atoms with Gasteiger partial charge in [0.25, 0.3) is 0 Å². The molecule has 0 aromatic heterocycles.